The van der Waals surface area contributed by atoms with Gasteiger partial charge in [-0.05, 0) is 17.5 Å². The molecule has 0 N–H and O–H groups in total. The van der Waals surface area contributed by atoms with E-state index in [1.54, 1.807) is 0 Å². The summed E-state index contributed by atoms with van der Waals surface area (Å²) in [5.74, 6) is 1.00. The molecule has 0 saturated heterocycles. The first kappa shape index (κ1) is 11.4. The fourth-order valence-electron chi connectivity index (χ4n) is 2.81. The second-order valence-electron chi connectivity index (χ2n) is 5.08. The van der Waals surface area contributed by atoms with Crippen LogP contribution in [0.15, 0.2) is 66.7 Å². The average Bonchev–Trinajstić information content (AvgIpc) is 2.54. The Kier molecular flexibility index (Phi) is 2.59. The van der Waals surface area contributed by atoms with Crippen LogP contribution in [0.5, 0.6) is 5.75 Å². The normalized spacial score (nSPS) is 13.9. The monoisotopic (exact) mass is 261 g/mol. The van der Waals surface area contributed by atoms with Crippen LogP contribution in [0.1, 0.15) is 5.56 Å². The van der Waals surface area contributed by atoms with Crippen molar-refractivity contribution in [2.45, 2.75) is 6.54 Å². The summed E-state index contributed by atoms with van der Waals surface area (Å²) in [4.78, 5) is 2.28. The number of fused-ring (bicyclic) bond motifs is 2. The van der Waals surface area contributed by atoms with Crippen molar-refractivity contribution >= 4 is 16.5 Å². The second kappa shape index (κ2) is 4.57. The van der Waals surface area contributed by atoms with Crippen LogP contribution in [-0.4, -0.2) is 6.73 Å². The van der Waals surface area contributed by atoms with Crippen molar-refractivity contribution in [2.75, 3.05) is 11.6 Å². The van der Waals surface area contributed by atoms with E-state index in [2.05, 4.69) is 59.5 Å². The zero-order chi connectivity index (χ0) is 13.4. The molecule has 98 valence electrons. The molecule has 4 rings (SSSR count). The van der Waals surface area contributed by atoms with E-state index in [9.17, 15) is 0 Å². The van der Waals surface area contributed by atoms with E-state index in [0.29, 0.717) is 6.73 Å². The lowest BCUT2D eigenvalue weighted by Crippen LogP contribution is -2.31. The van der Waals surface area contributed by atoms with Crippen LogP contribution in [0.25, 0.3) is 10.8 Å². The molecule has 0 saturated carbocycles. The Balaban J connectivity index is 1.78. The van der Waals surface area contributed by atoms with Gasteiger partial charge in [0.05, 0.1) is 0 Å². The molecule has 0 atom stereocenters. The SMILES string of the molecule is c1ccc2c(c1)CN(c1cccc3ccccc13)CO2. The van der Waals surface area contributed by atoms with Gasteiger partial charge in [0.15, 0.2) is 6.73 Å². The van der Waals surface area contributed by atoms with E-state index in [1.165, 1.54) is 22.0 Å². The van der Waals surface area contributed by atoms with Crippen molar-refractivity contribution in [3.63, 3.8) is 0 Å². The maximum absolute atomic E-state index is 5.87. The minimum atomic E-state index is 0.602. The molecular formula is C18H15NO. The lowest BCUT2D eigenvalue weighted by atomic mass is 10.1. The fourth-order valence-corrected chi connectivity index (χ4v) is 2.81. The number of nitrogens with zero attached hydrogens (tertiary/aromatic N) is 1. The molecule has 2 nitrogen and oxygen atoms in total. The third-order valence-corrected chi connectivity index (χ3v) is 3.82. The highest BCUT2D eigenvalue weighted by molar-refractivity contribution is 5.94. The highest BCUT2D eigenvalue weighted by atomic mass is 16.5. The Morgan fingerprint density at radius 2 is 1.60 bits per heavy atom. The van der Waals surface area contributed by atoms with E-state index in [0.717, 1.165) is 12.3 Å². The third-order valence-electron chi connectivity index (χ3n) is 3.82. The maximum atomic E-state index is 5.87. The summed E-state index contributed by atoms with van der Waals surface area (Å²) in [6, 6.07) is 23.2. The van der Waals surface area contributed by atoms with Crippen molar-refractivity contribution in [1.82, 2.24) is 0 Å². The Hall–Kier alpha value is -2.48. The van der Waals surface area contributed by atoms with Crippen LogP contribution < -0.4 is 9.64 Å². The minimum Gasteiger partial charge on any atom is -0.473 e. The zero-order valence-corrected chi connectivity index (χ0v) is 11.1. The maximum Gasteiger partial charge on any atom is 0.161 e. The summed E-state index contributed by atoms with van der Waals surface area (Å²) in [6.45, 7) is 1.50. The van der Waals surface area contributed by atoms with E-state index in [1.807, 2.05) is 12.1 Å². The number of rotatable bonds is 1. The summed E-state index contributed by atoms with van der Waals surface area (Å²) >= 11 is 0. The van der Waals surface area contributed by atoms with Gasteiger partial charge in [0, 0.05) is 23.2 Å². The Bertz CT molecular complexity index is 761. The molecule has 0 amide bonds. The minimum absolute atomic E-state index is 0.602. The molecule has 0 spiro atoms. The van der Waals surface area contributed by atoms with Crippen molar-refractivity contribution in [1.29, 1.82) is 0 Å². The lowest BCUT2D eigenvalue weighted by molar-refractivity contribution is 0.290. The van der Waals surface area contributed by atoms with Crippen molar-refractivity contribution in [2.24, 2.45) is 0 Å². The van der Waals surface area contributed by atoms with E-state index in [4.69, 9.17) is 4.74 Å². The van der Waals surface area contributed by atoms with Gasteiger partial charge < -0.3 is 9.64 Å². The number of para-hydroxylation sites is 1. The number of benzene rings is 3. The first-order valence-electron chi connectivity index (χ1n) is 6.85. The fraction of sp³-hybridized carbons (Fsp3) is 0.111. The van der Waals surface area contributed by atoms with Crippen molar-refractivity contribution in [3.05, 3.63) is 72.3 Å². The third kappa shape index (κ3) is 1.81. The molecule has 0 bridgehead atoms. The van der Waals surface area contributed by atoms with E-state index < -0.39 is 0 Å². The standard InChI is InChI=1S/C18H15NO/c1-3-9-16-14(6-1)8-5-10-17(16)19-12-15-7-2-4-11-18(15)20-13-19/h1-11H,12-13H2. The zero-order valence-electron chi connectivity index (χ0n) is 11.1. The average molecular weight is 261 g/mol. The van der Waals surface area contributed by atoms with Gasteiger partial charge in [-0.25, -0.2) is 0 Å². The molecule has 1 heterocycles. The first-order chi connectivity index (χ1) is 9.92. The van der Waals surface area contributed by atoms with Crippen molar-refractivity contribution in [3.8, 4) is 5.75 Å². The van der Waals surface area contributed by atoms with Gasteiger partial charge in [-0.1, -0.05) is 54.6 Å². The number of hydrogen-bond acceptors (Lipinski definition) is 2. The Labute approximate surface area is 118 Å². The molecule has 3 aromatic rings. The van der Waals surface area contributed by atoms with Crippen LogP contribution in [0, 0.1) is 0 Å². The molecule has 2 heteroatoms. The smallest absolute Gasteiger partial charge is 0.161 e. The predicted molar refractivity (Wildman–Crippen MR) is 82.1 cm³/mol. The molecule has 0 radical (unpaired) electrons. The van der Waals surface area contributed by atoms with Gasteiger partial charge in [0.25, 0.3) is 0 Å². The van der Waals surface area contributed by atoms with Gasteiger partial charge in [0.1, 0.15) is 5.75 Å². The van der Waals surface area contributed by atoms with Crippen LogP contribution in [-0.2, 0) is 6.54 Å². The van der Waals surface area contributed by atoms with Gasteiger partial charge >= 0.3 is 0 Å². The van der Waals surface area contributed by atoms with Gasteiger partial charge in [-0.2, -0.15) is 0 Å². The Morgan fingerprint density at radius 3 is 2.60 bits per heavy atom. The summed E-state index contributed by atoms with van der Waals surface area (Å²) in [7, 11) is 0. The summed E-state index contributed by atoms with van der Waals surface area (Å²) in [5.41, 5.74) is 2.48. The summed E-state index contributed by atoms with van der Waals surface area (Å²) < 4.78 is 5.87. The molecule has 1 aliphatic rings. The molecule has 0 fully saturated rings. The molecule has 0 aromatic heterocycles. The number of hydrogen-bond donors (Lipinski definition) is 0. The number of anilines is 1. The van der Waals surface area contributed by atoms with E-state index >= 15 is 0 Å². The summed E-state index contributed by atoms with van der Waals surface area (Å²) in [5, 5.41) is 2.54. The molecule has 20 heavy (non-hydrogen) atoms. The molecular weight excluding hydrogens is 246 g/mol. The van der Waals surface area contributed by atoms with Gasteiger partial charge in [-0.15, -0.1) is 0 Å². The molecule has 0 unspecified atom stereocenters. The topological polar surface area (TPSA) is 12.5 Å². The summed E-state index contributed by atoms with van der Waals surface area (Å²) in [6.07, 6.45) is 0. The lowest BCUT2D eigenvalue weighted by Gasteiger charge is -2.31. The molecule has 0 aliphatic carbocycles. The Morgan fingerprint density at radius 1 is 0.800 bits per heavy atom. The molecule has 3 aromatic carbocycles. The second-order valence-corrected chi connectivity index (χ2v) is 5.08. The molecule has 1 aliphatic heterocycles. The quantitative estimate of drug-likeness (QED) is 0.651. The van der Waals surface area contributed by atoms with E-state index in [-0.39, 0.29) is 0 Å². The van der Waals surface area contributed by atoms with Gasteiger partial charge in [-0.3, -0.25) is 0 Å². The van der Waals surface area contributed by atoms with Crippen molar-refractivity contribution < 1.29 is 4.74 Å². The highest BCUT2D eigenvalue weighted by Crippen LogP contribution is 2.32. The largest absolute Gasteiger partial charge is 0.473 e. The van der Waals surface area contributed by atoms with Crippen LogP contribution in [0.2, 0.25) is 0 Å². The van der Waals surface area contributed by atoms with Crippen LogP contribution in [0.4, 0.5) is 5.69 Å². The van der Waals surface area contributed by atoms with Gasteiger partial charge in [0.2, 0.25) is 0 Å². The van der Waals surface area contributed by atoms with Crippen LogP contribution >= 0.6 is 0 Å². The highest BCUT2D eigenvalue weighted by Gasteiger charge is 2.18. The predicted octanol–water partition coefficient (Wildman–Crippen LogP) is 4.20. The first-order valence-corrected chi connectivity index (χ1v) is 6.85. The van der Waals surface area contributed by atoms with Crippen LogP contribution in [0.3, 0.4) is 0 Å². The number of ether oxygens (including phenoxy) is 1.